The van der Waals surface area contributed by atoms with Crippen molar-refractivity contribution in [3.8, 4) is 0 Å². The number of hydrogen-bond acceptors (Lipinski definition) is 4. The van der Waals surface area contributed by atoms with Crippen LogP contribution in [0.3, 0.4) is 0 Å². The summed E-state index contributed by atoms with van der Waals surface area (Å²) in [5.41, 5.74) is 2.06. The minimum absolute atomic E-state index is 0.816. The first kappa shape index (κ1) is 14.0. The molecule has 2 aromatic rings. The smallest absolute Gasteiger partial charge is 0.139 e. The molecule has 0 fully saturated rings. The second kappa shape index (κ2) is 6.18. The number of hydrogen-bond donors (Lipinski definition) is 2. The molecule has 2 rings (SSSR count). The molecule has 0 unspecified atom stereocenters. The Bertz CT molecular complexity index is 566. The zero-order chi connectivity index (χ0) is 13.8. The predicted octanol–water partition coefficient (Wildman–Crippen LogP) is 3.74. The van der Waals surface area contributed by atoms with E-state index in [1.165, 1.54) is 3.57 Å². The monoisotopic (exact) mass is 368 g/mol. The van der Waals surface area contributed by atoms with Crippen LogP contribution in [-0.4, -0.2) is 17.0 Å². The van der Waals surface area contributed by atoms with Crippen LogP contribution >= 0.6 is 22.6 Å². The van der Waals surface area contributed by atoms with Crippen LogP contribution in [0.1, 0.15) is 18.3 Å². The van der Waals surface area contributed by atoms with Crippen LogP contribution in [0.15, 0.2) is 24.3 Å². The average molecular weight is 368 g/mol. The topological polar surface area (TPSA) is 49.8 Å². The Labute approximate surface area is 127 Å². The van der Waals surface area contributed by atoms with Crippen LogP contribution < -0.4 is 10.6 Å². The van der Waals surface area contributed by atoms with Gasteiger partial charge in [0, 0.05) is 28.3 Å². The lowest BCUT2D eigenvalue weighted by molar-refractivity contribution is 0.935. The van der Waals surface area contributed by atoms with E-state index in [9.17, 15) is 0 Å². The van der Waals surface area contributed by atoms with E-state index < -0.39 is 0 Å². The van der Waals surface area contributed by atoms with Crippen molar-refractivity contribution in [2.24, 2.45) is 0 Å². The number of benzene rings is 1. The molecule has 4 nitrogen and oxygen atoms in total. The Morgan fingerprint density at radius 3 is 2.32 bits per heavy atom. The van der Waals surface area contributed by atoms with Gasteiger partial charge in [-0.1, -0.05) is 6.92 Å². The summed E-state index contributed by atoms with van der Waals surface area (Å²) in [6, 6.07) is 8.24. The molecule has 0 aliphatic carbocycles. The van der Waals surface area contributed by atoms with Gasteiger partial charge >= 0.3 is 0 Å². The summed E-state index contributed by atoms with van der Waals surface area (Å²) in [4.78, 5) is 9.02. The average Bonchev–Trinajstić information content (AvgIpc) is 2.43. The van der Waals surface area contributed by atoms with Crippen molar-refractivity contribution in [3.05, 3.63) is 39.2 Å². The standard InChI is InChI=1S/C14H17IN4/c1-4-12-18-13(16-3)9(2)14(19-12)17-11-7-5-10(15)6-8-11/h5-8H,4H2,1-3H3,(H2,16,17,18,19). The van der Waals surface area contributed by atoms with Gasteiger partial charge in [0.2, 0.25) is 0 Å². The van der Waals surface area contributed by atoms with Crippen molar-refractivity contribution in [1.82, 2.24) is 9.97 Å². The number of nitrogens with zero attached hydrogens (tertiary/aromatic N) is 2. The Hall–Kier alpha value is -1.37. The normalized spacial score (nSPS) is 10.3. The second-order valence-electron chi connectivity index (χ2n) is 4.20. The van der Waals surface area contributed by atoms with Gasteiger partial charge in [-0.2, -0.15) is 0 Å². The van der Waals surface area contributed by atoms with Crippen LogP contribution in [0.4, 0.5) is 17.3 Å². The Balaban J connectivity index is 2.35. The molecule has 0 saturated carbocycles. The summed E-state index contributed by atoms with van der Waals surface area (Å²) < 4.78 is 1.22. The van der Waals surface area contributed by atoms with Gasteiger partial charge in [0.25, 0.3) is 0 Å². The van der Waals surface area contributed by atoms with E-state index in [-0.39, 0.29) is 0 Å². The van der Waals surface area contributed by atoms with Crippen LogP contribution in [0.2, 0.25) is 0 Å². The van der Waals surface area contributed by atoms with E-state index in [2.05, 4.69) is 62.2 Å². The van der Waals surface area contributed by atoms with Crippen molar-refractivity contribution < 1.29 is 0 Å². The summed E-state index contributed by atoms with van der Waals surface area (Å²) in [5, 5.41) is 6.47. The minimum Gasteiger partial charge on any atom is -0.373 e. The summed E-state index contributed by atoms with van der Waals surface area (Å²) in [5.74, 6) is 2.57. The highest BCUT2D eigenvalue weighted by atomic mass is 127. The molecule has 0 amide bonds. The summed E-state index contributed by atoms with van der Waals surface area (Å²) in [7, 11) is 1.88. The van der Waals surface area contributed by atoms with Crippen molar-refractivity contribution >= 4 is 39.9 Å². The highest BCUT2D eigenvalue weighted by Crippen LogP contribution is 2.23. The van der Waals surface area contributed by atoms with Crippen molar-refractivity contribution in [3.63, 3.8) is 0 Å². The summed E-state index contributed by atoms with van der Waals surface area (Å²) in [6.07, 6.45) is 0.816. The van der Waals surface area contributed by atoms with Gasteiger partial charge in [-0.25, -0.2) is 9.97 Å². The fourth-order valence-electron chi connectivity index (χ4n) is 1.76. The second-order valence-corrected chi connectivity index (χ2v) is 5.44. The van der Waals surface area contributed by atoms with E-state index in [0.29, 0.717) is 0 Å². The highest BCUT2D eigenvalue weighted by Gasteiger charge is 2.09. The number of aromatic nitrogens is 2. The van der Waals surface area contributed by atoms with Crippen LogP contribution in [0, 0.1) is 10.5 Å². The number of rotatable bonds is 4. The minimum atomic E-state index is 0.816. The number of halogens is 1. The molecule has 0 saturated heterocycles. The van der Waals surface area contributed by atoms with Crippen molar-refractivity contribution in [2.45, 2.75) is 20.3 Å². The predicted molar refractivity (Wildman–Crippen MR) is 88.1 cm³/mol. The SMILES string of the molecule is CCc1nc(NC)c(C)c(Nc2ccc(I)cc2)n1. The molecule has 2 N–H and O–H groups in total. The largest absolute Gasteiger partial charge is 0.373 e. The Morgan fingerprint density at radius 2 is 1.74 bits per heavy atom. The molecule has 5 heteroatoms. The molecule has 19 heavy (non-hydrogen) atoms. The zero-order valence-electron chi connectivity index (χ0n) is 11.3. The lowest BCUT2D eigenvalue weighted by atomic mass is 10.2. The van der Waals surface area contributed by atoms with Crippen LogP contribution in [-0.2, 0) is 6.42 Å². The lowest BCUT2D eigenvalue weighted by Gasteiger charge is -2.13. The molecule has 1 aromatic heterocycles. The van der Waals surface area contributed by atoms with Gasteiger partial charge in [-0.05, 0) is 53.8 Å². The van der Waals surface area contributed by atoms with Gasteiger partial charge in [0.15, 0.2) is 0 Å². The Morgan fingerprint density at radius 1 is 1.11 bits per heavy atom. The quantitative estimate of drug-likeness (QED) is 0.808. The Kier molecular flexibility index (Phi) is 4.57. The summed E-state index contributed by atoms with van der Waals surface area (Å²) >= 11 is 2.29. The van der Waals surface area contributed by atoms with Gasteiger partial charge < -0.3 is 10.6 Å². The van der Waals surface area contributed by atoms with Gasteiger partial charge in [-0.15, -0.1) is 0 Å². The maximum Gasteiger partial charge on any atom is 0.139 e. The maximum absolute atomic E-state index is 4.55. The van der Waals surface area contributed by atoms with E-state index >= 15 is 0 Å². The van der Waals surface area contributed by atoms with Crippen LogP contribution in [0.25, 0.3) is 0 Å². The lowest BCUT2D eigenvalue weighted by Crippen LogP contribution is -2.06. The van der Waals surface area contributed by atoms with E-state index in [0.717, 1.165) is 35.1 Å². The third kappa shape index (κ3) is 3.34. The highest BCUT2D eigenvalue weighted by molar-refractivity contribution is 14.1. The molecule has 0 atom stereocenters. The van der Waals surface area contributed by atoms with Crippen molar-refractivity contribution in [2.75, 3.05) is 17.7 Å². The van der Waals surface area contributed by atoms with Gasteiger partial charge in [0.05, 0.1) is 0 Å². The summed E-state index contributed by atoms with van der Waals surface area (Å²) in [6.45, 7) is 4.07. The van der Waals surface area contributed by atoms with Gasteiger partial charge in [0.1, 0.15) is 17.5 Å². The first-order valence-electron chi connectivity index (χ1n) is 6.22. The molecule has 0 aliphatic heterocycles. The molecule has 0 bridgehead atoms. The van der Waals surface area contributed by atoms with Crippen LogP contribution in [0.5, 0.6) is 0 Å². The number of aryl methyl sites for hydroxylation is 1. The first-order valence-corrected chi connectivity index (χ1v) is 7.29. The molecular formula is C14H17IN4. The fraction of sp³-hybridized carbons (Fsp3) is 0.286. The van der Waals surface area contributed by atoms with Gasteiger partial charge in [-0.3, -0.25) is 0 Å². The maximum atomic E-state index is 4.55. The number of nitrogens with one attached hydrogen (secondary N) is 2. The first-order chi connectivity index (χ1) is 9.13. The van der Waals surface area contributed by atoms with E-state index in [4.69, 9.17) is 0 Å². The molecule has 100 valence electrons. The third-order valence-electron chi connectivity index (χ3n) is 2.85. The van der Waals surface area contributed by atoms with E-state index in [1.807, 2.05) is 26.1 Å². The number of anilines is 3. The third-order valence-corrected chi connectivity index (χ3v) is 3.57. The molecular weight excluding hydrogens is 351 g/mol. The molecule has 1 aromatic carbocycles. The zero-order valence-corrected chi connectivity index (χ0v) is 13.4. The molecule has 0 radical (unpaired) electrons. The molecule has 1 heterocycles. The van der Waals surface area contributed by atoms with Crippen molar-refractivity contribution in [1.29, 1.82) is 0 Å². The van der Waals surface area contributed by atoms with E-state index in [1.54, 1.807) is 0 Å². The molecule has 0 aliphatic rings. The molecule has 0 spiro atoms. The fourth-order valence-corrected chi connectivity index (χ4v) is 2.12.